The number of aromatic nitrogens is 4. The summed E-state index contributed by atoms with van der Waals surface area (Å²) in [5.41, 5.74) is 6.35. The molecule has 5 rings (SSSR count). The highest BCUT2D eigenvalue weighted by Gasteiger charge is 2.18. The number of anilines is 2. The quantitative estimate of drug-likeness (QED) is 0.311. The van der Waals surface area contributed by atoms with E-state index in [9.17, 15) is 4.39 Å². The van der Waals surface area contributed by atoms with Crippen LogP contribution in [0.15, 0.2) is 73.2 Å². The molecular formula is C27H26FN5O. The number of nitrogens with one attached hydrogen (secondary N) is 1. The van der Waals surface area contributed by atoms with Crippen molar-refractivity contribution in [1.29, 1.82) is 0 Å². The van der Waals surface area contributed by atoms with Crippen LogP contribution in [0, 0.1) is 12.7 Å². The van der Waals surface area contributed by atoms with Gasteiger partial charge in [-0.1, -0.05) is 6.07 Å². The fourth-order valence-corrected chi connectivity index (χ4v) is 4.22. The van der Waals surface area contributed by atoms with Crippen molar-refractivity contribution < 1.29 is 9.13 Å². The number of methoxy groups -OCH3 is 1. The van der Waals surface area contributed by atoms with Gasteiger partial charge in [0.05, 0.1) is 36.0 Å². The number of aryl methyl sites for hydroxylation is 1. The largest absolute Gasteiger partial charge is 0.494 e. The van der Waals surface area contributed by atoms with E-state index in [2.05, 4.69) is 34.8 Å². The first-order valence-electron chi connectivity index (χ1n) is 11.2. The molecule has 0 saturated heterocycles. The maximum absolute atomic E-state index is 13.5. The lowest BCUT2D eigenvalue weighted by molar-refractivity contribution is 0.413. The SMILES string of the molecule is COc1cc(Nc2cccc3c2nc(-c2ccc(F)cc2)n3C(C)C)ccc1-n1cnc(C)c1. The van der Waals surface area contributed by atoms with Gasteiger partial charge in [-0.05, 0) is 69.3 Å². The van der Waals surface area contributed by atoms with Crippen molar-refractivity contribution in [2.75, 3.05) is 12.4 Å². The van der Waals surface area contributed by atoms with E-state index in [1.807, 2.05) is 48.0 Å². The van der Waals surface area contributed by atoms with Crippen LogP contribution >= 0.6 is 0 Å². The van der Waals surface area contributed by atoms with Gasteiger partial charge in [-0.15, -0.1) is 0 Å². The molecule has 0 bridgehead atoms. The monoisotopic (exact) mass is 455 g/mol. The third-order valence-electron chi connectivity index (χ3n) is 5.79. The van der Waals surface area contributed by atoms with E-state index in [0.717, 1.165) is 50.9 Å². The molecule has 0 aliphatic carbocycles. The molecule has 34 heavy (non-hydrogen) atoms. The third-order valence-corrected chi connectivity index (χ3v) is 5.79. The predicted octanol–water partition coefficient (Wildman–Crippen LogP) is 6.67. The van der Waals surface area contributed by atoms with E-state index in [1.54, 1.807) is 25.6 Å². The van der Waals surface area contributed by atoms with Gasteiger partial charge in [0.15, 0.2) is 0 Å². The summed E-state index contributed by atoms with van der Waals surface area (Å²) in [7, 11) is 1.66. The number of benzene rings is 3. The van der Waals surface area contributed by atoms with Crippen LogP contribution in [-0.4, -0.2) is 26.2 Å². The standard InChI is InChI=1S/C27H26FN5O/c1-17(2)33-24-7-5-6-22(26(24)31-27(33)19-8-10-20(28)11-9-19)30-21-12-13-23(25(14-21)34-4)32-15-18(3)29-16-32/h5-17,30H,1-4H3. The molecule has 7 heteroatoms. The van der Waals surface area contributed by atoms with Gasteiger partial charge in [0.25, 0.3) is 0 Å². The van der Waals surface area contributed by atoms with Crippen LogP contribution in [0.2, 0.25) is 0 Å². The lowest BCUT2D eigenvalue weighted by Gasteiger charge is -2.14. The van der Waals surface area contributed by atoms with Crippen molar-refractivity contribution in [2.24, 2.45) is 0 Å². The Balaban J connectivity index is 1.57. The topological polar surface area (TPSA) is 56.9 Å². The van der Waals surface area contributed by atoms with E-state index in [4.69, 9.17) is 9.72 Å². The third kappa shape index (κ3) is 3.90. The van der Waals surface area contributed by atoms with Gasteiger partial charge in [-0.2, -0.15) is 0 Å². The van der Waals surface area contributed by atoms with E-state index in [1.165, 1.54) is 12.1 Å². The Bertz CT molecular complexity index is 1470. The van der Waals surface area contributed by atoms with Crippen LogP contribution in [0.25, 0.3) is 28.1 Å². The first-order chi connectivity index (χ1) is 16.4. The molecule has 2 heterocycles. The number of imidazole rings is 2. The van der Waals surface area contributed by atoms with Crippen molar-refractivity contribution >= 4 is 22.4 Å². The maximum Gasteiger partial charge on any atom is 0.144 e. The average Bonchev–Trinajstić information content (AvgIpc) is 3.44. The van der Waals surface area contributed by atoms with Crippen molar-refractivity contribution in [3.05, 3.63) is 84.7 Å². The zero-order chi connectivity index (χ0) is 23.8. The normalized spacial score (nSPS) is 11.4. The van der Waals surface area contributed by atoms with Crippen LogP contribution in [0.5, 0.6) is 5.75 Å². The zero-order valence-electron chi connectivity index (χ0n) is 19.6. The Morgan fingerprint density at radius 3 is 2.50 bits per heavy atom. The van der Waals surface area contributed by atoms with Gasteiger partial charge in [-0.25, -0.2) is 14.4 Å². The molecule has 5 aromatic rings. The first-order valence-corrected chi connectivity index (χ1v) is 11.2. The number of nitrogens with zero attached hydrogens (tertiary/aromatic N) is 4. The predicted molar refractivity (Wildman–Crippen MR) is 134 cm³/mol. The van der Waals surface area contributed by atoms with Crippen molar-refractivity contribution in [1.82, 2.24) is 19.1 Å². The van der Waals surface area contributed by atoms with E-state index >= 15 is 0 Å². The molecule has 0 radical (unpaired) electrons. The second kappa shape index (κ2) is 8.67. The van der Waals surface area contributed by atoms with E-state index in [0.29, 0.717) is 0 Å². The summed E-state index contributed by atoms with van der Waals surface area (Å²) in [6.45, 7) is 6.20. The second-order valence-electron chi connectivity index (χ2n) is 8.51. The summed E-state index contributed by atoms with van der Waals surface area (Å²) < 4.78 is 23.3. The molecule has 172 valence electrons. The van der Waals surface area contributed by atoms with Crippen LogP contribution in [-0.2, 0) is 0 Å². The van der Waals surface area contributed by atoms with Gasteiger partial charge in [0.2, 0.25) is 0 Å². The minimum atomic E-state index is -0.262. The molecule has 0 fully saturated rings. The van der Waals surface area contributed by atoms with Crippen molar-refractivity contribution in [3.8, 4) is 22.8 Å². The molecule has 3 aromatic carbocycles. The highest BCUT2D eigenvalue weighted by Crippen LogP contribution is 2.34. The second-order valence-corrected chi connectivity index (χ2v) is 8.51. The summed E-state index contributed by atoms with van der Waals surface area (Å²) in [5.74, 6) is 1.28. The Labute approximate surface area is 197 Å². The smallest absolute Gasteiger partial charge is 0.144 e. The molecule has 0 aliphatic rings. The number of hydrogen-bond acceptors (Lipinski definition) is 4. The van der Waals surface area contributed by atoms with E-state index in [-0.39, 0.29) is 11.9 Å². The Hall–Kier alpha value is -4.13. The summed E-state index contributed by atoms with van der Waals surface area (Å²) in [6.07, 6.45) is 3.73. The Morgan fingerprint density at radius 1 is 1.03 bits per heavy atom. The number of halogens is 1. The fraction of sp³-hybridized carbons (Fsp3) is 0.185. The number of para-hydroxylation sites is 1. The molecule has 0 amide bonds. The molecule has 0 saturated carbocycles. The molecular weight excluding hydrogens is 429 g/mol. The van der Waals surface area contributed by atoms with Crippen LogP contribution in [0.3, 0.4) is 0 Å². The van der Waals surface area contributed by atoms with Gasteiger partial charge >= 0.3 is 0 Å². The summed E-state index contributed by atoms with van der Waals surface area (Å²) in [6, 6.07) is 18.7. The van der Waals surface area contributed by atoms with Crippen molar-refractivity contribution in [3.63, 3.8) is 0 Å². The number of fused-ring (bicyclic) bond motifs is 1. The van der Waals surface area contributed by atoms with Crippen LogP contribution in [0.1, 0.15) is 25.6 Å². The minimum absolute atomic E-state index is 0.179. The lowest BCUT2D eigenvalue weighted by atomic mass is 10.2. The molecule has 2 aromatic heterocycles. The van der Waals surface area contributed by atoms with Crippen LogP contribution < -0.4 is 10.1 Å². The number of ether oxygens (including phenoxy) is 1. The molecule has 0 atom stereocenters. The Kier molecular flexibility index (Phi) is 5.53. The average molecular weight is 456 g/mol. The first kappa shape index (κ1) is 21.7. The van der Waals surface area contributed by atoms with E-state index < -0.39 is 0 Å². The molecule has 0 aliphatic heterocycles. The number of hydrogen-bond donors (Lipinski definition) is 1. The Morgan fingerprint density at radius 2 is 1.82 bits per heavy atom. The molecule has 6 nitrogen and oxygen atoms in total. The number of rotatable bonds is 6. The van der Waals surface area contributed by atoms with Crippen molar-refractivity contribution in [2.45, 2.75) is 26.8 Å². The van der Waals surface area contributed by atoms with Gasteiger partial charge in [0.1, 0.15) is 22.9 Å². The lowest BCUT2D eigenvalue weighted by Crippen LogP contribution is -2.03. The molecule has 0 spiro atoms. The fourth-order valence-electron chi connectivity index (χ4n) is 4.22. The summed E-state index contributed by atoms with van der Waals surface area (Å²) in [4.78, 5) is 9.28. The molecule has 0 unspecified atom stereocenters. The molecule has 1 N–H and O–H groups in total. The minimum Gasteiger partial charge on any atom is -0.494 e. The van der Waals surface area contributed by atoms with Gasteiger partial charge in [-0.3, -0.25) is 0 Å². The zero-order valence-corrected chi connectivity index (χ0v) is 19.6. The highest BCUT2D eigenvalue weighted by atomic mass is 19.1. The van der Waals surface area contributed by atoms with Crippen LogP contribution in [0.4, 0.5) is 15.8 Å². The summed E-state index contributed by atoms with van der Waals surface area (Å²) in [5, 5.41) is 3.50. The summed E-state index contributed by atoms with van der Waals surface area (Å²) >= 11 is 0. The van der Waals surface area contributed by atoms with Gasteiger partial charge in [0, 0.05) is 29.6 Å². The van der Waals surface area contributed by atoms with Gasteiger partial charge < -0.3 is 19.2 Å². The highest BCUT2D eigenvalue weighted by molar-refractivity contribution is 5.93. The maximum atomic E-state index is 13.5.